The maximum Gasteiger partial charge on any atom is 0.00556 e. The fourth-order valence-corrected chi connectivity index (χ4v) is 1.50. The molecule has 1 fully saturated rings. The Bertz CT molecular complexity index is 117. The molecule has 0 aromatic rings. The van der Waals surface area contributed by atoms with E-state index in [1.807, 2.05) is 0 Å². The van der Waals surface area contributed by atoms with Crippen molar-refractivity contribution in [1.29, 1.82) is 0 Å². The van der Waals surface area contributed by atoms with Crippen LogP contribution in [0.25, 0.3) is 0 Å². The molecule has 1 nitrogen and oxygen atoms in total. The fourth-order valence-electron chi connectivity index (χ4n) is 1.50. The van der Waals surface area contributed by atoms with Gasteiger partial charge in [-0.05, 0) is 31.9 Å². The molecule has 10 heavy (non-hydrogen) atoms. The van der Waals surface area contributed by atoms with E-state index in [1.54, 1.807) is 5.57 Å². The highest BCUT2D eigenvalue weighted by Gasteiger charge is 2.04. The van der Waals surface area contributed by atoms with Gasteiger partial charge in [0.25, 0.3) is 0 Å². The maximum absolute atomic E-state index is 2.28. The first-order chi connectivity index (χ1) is 4.79. The van der Waals surface area contributed by atoms with Crippen molar-refractivity contribution in [2.45, 2.75) is 32.1 Å². The smallest absolute Gasteiger partial charge is 0.00556 e. The van der Waals surface area contributed by atoms with E-state index >= 15 is 0 Å². The molecule has 0 amide bonds. The maximum atomic E-state index is 2.28. The molecule has 0 saturated heterocycles. The molecule has 0 aromatic heterocycles. The van der Waals surface area contributed by atoms with Crippen molar-refractivity contribution in [3.63, 3.8) is 0 Å². The quantitative estimate of drug-likeness (QED) is 0.539. The Morgan fingerprint density at radius 1 is 1.10 bits per heavy atom. The molecule has 58 valence electrons. The van der Waals surface area contributed by atoms with Gasteiger partial charge in [0.15, 0.2) is 0 Å². The van der Waals surface area contributed by atoms with Gasteiger partial charge in [0.05, 0.1) is 0 Å². The normalized spacial score (nSPS) is 18.8. The third-order valence-corrected chi connectivity index (χ3v) is 1.94. The molecule has 0 aliphatic heterocycles. The van der Waals surface area contributed by atoms with Crippen molar-refractivity contribution in [1.82, 2.24) is 4.90 Å². The second-order valence-corrected chi connectivity index (χ2v) is 3.31. The van der Waals surface area contributed by atoms with Gasteiger partial charge in [0, 0.05) is 14.1 Å². The van der Waals surface area contributed by atoms with E-state index in [2.05, 4.69) is 25.2 Å². The number of hydrogen-bond acceptors (Lipinski definition) is 1. The number of nitrogens with zero attached hydrogens (tertiary/aromatic N) is 1. The van der Waals surface area contributed by atoms with Gasteiger partial charge in [-0.2, -0.15) is 0 Å². The molecule has 0 unspecified atom stereocenters. The summed E-state index contributed by atoms with van der Waals surface area (Å²) in [5, 5.41) is 0. The number of hydrogen-bond donors (Lipinski definition) is 0. The standard InChI is InChI=1S/C9H17N/c1-10(2)8-9-6-4-3-5-7-9/h8H,3-7H2,1-2H3. The third kappa shape index (κ3) is 2.42. The van der Waals surface area contributed by atoms with Gasteiger partial charge < -0.3 is 4.90 Å². The number of rotatable bonds is 1. The van der Waals surface area contributed by atoms with Crippen LogP contribution in [0.4, 0.5) is 0 Å². The average Bonchev–Trinajstić information content (AvgIpc) is 1.88. The molecule has 0 bridgehead atoms. The highest BCUT2D eigenvalue weighted by atomic mass is 15.0. The van der Waals surface area contributed by atoms with Crippen LogP contribution in [0.3, 0.4) is 0 Å². The van der Waals surface area contributed by atoms with Crippen LogP contribution in [0.5, 0.6) is 0 Å². The summed E-state index contributed by atoms with van der Waals surface area (Å²) in [6, 6.07) is 0. The predicted molar refractivity (Wildman–Crippen MR) is 44.9 cm³/mol. The van der Waals surface area contributed by atoms with Gasteiger partial charge in [0.1, 0.15) is 0 Å². The van der Waals surface area contributed by atoms with E-state index in [9.17, 15) is 0 Å². The van der Waals surface area contributed by atoms with Crippen LogP contribution >= 0.6 is 0 Å². The van der Waals surface area contributed by atoms with Crippen LogP contribution in [-0.4, -0.2) is 19.0 Å². The first-order valence-corrected chi connectivity index (χ1v) is 4.15. The summed E-state index contributed by atoms with van der Waals surface area (Å²) in [6.45, 7) is 0. The molecule has 1 saturated carbocycles. The van der Waals surface area contributed by atoms with Crippen molar-refractivity contribution in [2.75, 3.05) is 14.1 Å². The predicted octanol–water partition coefficient (Wildman–Crippen LogP) is 2.40. The van der Waals surface area contributed by atoms with E-state index in [0.717, 1.165) is 0 Å². The molecule has 1 aliphatic carbocycles. The lowest BCUT2D eigenvalue weighted by Gasteiger charge is -2.15. The second-order valence-electron chi connectivity index (χ2n) is 3.31. The summed E-state index contributed by atoms with van der Waals surface area (Å²) in [5.74, 6) is 0. The zero-order valence-corrected chi connectivity index (χ0v) is 7.06. The highest BCUT2D eigenvalue weighted by Crippen LogP contribution is 2.22. The van der Waals surface area contributed by atoms with Crippen molar-refractivity contribution < 1.29 is 0 Å². The van der Waals surface area contributed by atoms with Gasteiger partial charge in [-0.15, -0.1) is 0 Å². The average molecular weight is 139 g/mol. The van der Waals surface area contributed by atoms with Gasteiger partial charge in [-0.25, -0.2) is 0 Å². The largest absolute Gasteiger partial charge is 0.384 e. The second kappa shape index (κ2) is 3.65. The van der Waals surface area contributed by atoms with Crippen molar-refractivity contribution in [3.05, 3.63) is 11.8 Å². The Morgan fingerprint density at radius 2 is 1.70 bits per heavy atom. The molecule has 0 N–H and O–H groups in total. The lowest BCUT2D eigenvalue weighted by atomic mass is 9.96. The Morgan fingerprint density at radius 3 is 2.20 bits per heavy atom. The van der Waals surface area contributed by atoms with Crippen LogP contribution in [0.15, 0.2) is 11.8 Å². The highest BCUT2D eigenvalue weighted by molar-refractivity contribution is 5.02. The SMILES string of the molecule is CN(C)C=C1CCCCC1. The molecule has 1 rings (SSSR count). The summed E-state index contributed by atoms with van der Waals surface area (Å²) in [6.07, 6.45) is 9.18. The van der Waals surface area contributed by atoms with Crippen LogP contribution in [0.2, 0.25) is 0 Å². The summed E-state index contributed by atoms with van der Waals surface area (Å²) >= 11 is 0. The summed E-state index contributed by atoms with van der Waals surface area (Å²) in [5.41, 5.74) is 1.64. The first kappa shape index (κ1) is 7.64. The molecule has 1 aliphatic rings. The Balaban J connectivity index is 2.37. The number of allylic oxidation sites excluding steroid dienone is 1. The van der Waals surface area contributed by atoms with Crippen LogP contribution < -0.4 is 0 Å². The minimum absolute atomic E-state index is 1.33. The molecule has 0 spiro atoms. The van der Waals surface area contributed by atoms with Crippen molar-refractivity contribution in [3.8, 4) is 0 Å². The molecule has 0 aromatic carbocycles. The molecule has 0 radical (unpaired) electrons. The summed E-state index contributed by atoms with van der Waals surface area (Å²) in [4.78, 5) is 2.15. The molecular weight excluding hydrogens is 122 g/mol. The van der Waals surface area contributed by atoms with Gasteiger partial charge in [-0.1, -0.05) is 12.0 Å². The van der Waals surface area contributed by atoms with E-state index < -0.39 is 0 Å². The zero-order valence-electron chi connectivity index (χ0n) is 7.06. The Hall–Kier alpha value is -0.460. The van der Waals surface area contributed by atoms with Crippen LogP contribution in [0, 0.1) is 0 Å². The topological polar surface area (TPSA) is 3.24 Å². The molecular formula is C9H17N. The Kier molecular flexibility index (Phi) is 2.79. The molecule has 0 heterocycles. The minimum atomic E-state index is 1.33. The summed E-state index contributed by atoms with van der Waals surface area (Å²) < 4.78 is 0. The van der Waals surface area contributed by atoms with Crippen molar-refractivity contribution in [2.24, 2.45) is 0 Å². The lowest BCUT2D eigenvalue weighted by molar-refractivity contribution is 0.527. The fraction of sp³-hybridized carbons (Fsp3) is 0.778. The first-order valence-electron chi connectivity index (χ1n) is 4.15. The molecule has 0 atom stereocenters. The minimum Gasteiger partial charge on any atom is -0.384 e. The van der Waals surface area contributed by atoms with Crippen LogP contribution in [-0.2, 0) is 0 Å². The van der Waals surface area contributed by atoms with Crippen LogP contribution in [0.1, 0.15) is 32.1 Å². The van der Waals surface area contributed by atoms with E-state index in [-0.39, 0.29) is 0 Å². The lowest BCUT2D eigenvalue weighted by Crippen LogP contribution is -2.04. The monoisotopic (exact) mass is 139 g/mol. The summed E-state index contributed by atoms with van der Waals surface area (Å²) in [7, 11) is 4.20. The van der Waals surface area contributed by atoms with Gasteiger partial charge in [0.2, 0.25) is 0 Å². The third-order valence-electron chi connectivity index (χ3n) is 1.94. The van der Waals surface area contributed by atoms with Gasteiger partial charge >= 0.3 is 0 Å². The molecule has 1 heteroatoms. The Labute approximate surface area is 63.7 Å². The zero-order chi connectivity index (χ0) is 7.40. The van der Waals surface area contributed by atoms with E-state index in [1.165, 1.54) is 32.1 Å². The van der Waals surface area contributed by atoms with E-state index in [4.69, 9.17) is 0 Å². The van der Waals surface area contributed by atoms with Crippen molar-refractivity contribution >= 4 is 0 Å². The van der Waals surface area contributed by atoms with Gasteiger partial charge in [-0.3, -0.25) is 0 Å². The van der Waals surface area contributed by atoms with E-state index in [0.29, 0.717) is 0 Å².